The average Bonchev–Trinajstić information content (AvgIpc) is 2.55. The van der Waals surface area contributed by atoms with Crippen LogP contribution in [0.2, 0.25) is 0 Å². The fraction of sp³-hybridized carbons (Fsp3) is 0.421. The molecule has 0 aliphatic heterocycles. The van der Waals surface area contributed by atoms with E-state index in [4.69, 9.17) is 0 Å². The van der Waals surface area contributed by atoms with Crippen molar-refractivity contribution in [1.29, 1.82) is 0 Å². The van der Waals surface area contributed by atoms with E-state index in [1.54, 1.807) is 6.20 Å². The van der Waals surface area contributed by atoms with E-state index < -0.39 is 0 Å². The van der Waals surface area contributed by atoms with Crippen molar-refractivity contribution in [2.24, 2.45) is 23.2 Å². The molecule has 4 nitrogen and oxygen atoms in total. The lowest BCUT2D eigenvalue weighted by atomic mass is 9.48. The highest BCUT2D eigenvalue weighted by Crippen LogP contribution is 2.59. The Hall–Kier alpha value is -2.23. The van der Waals surface area contributed by atoms with Crippen LogP contribution >= 0.6 is 0 Å². The van der Waals surface area contributed by atoms with Crippen molar-refractivity contribution in [1.82, 2.24) is 15.3 Å². The van der Waals surface area contributed by atoms with Crippen LogP contribution in [0.4, 0.5) is 0 Å². The summed E-state index contributed by atoms with van der Waals surface area (Å²) in [7, 11) is 0. The van der Waals surface area contributed by atoms with Crippen molar-refractivity contribution >= 4 is 16.9 Å². The molecule has 0 unspecified atom stereocenters. The molecule has 0 radical (unpaired) electrons. The van der Waals surface area contributed by atoms with Crippen molar-refractivity contribution in [2.75, 3.05) is 0 Å². The highest BCUT2D eigenvalue weighted by Gasteiger charge is 2.53. The van der Waals surface area contributed by atoms with Crippen LogP contribution < -0.4 is 5.32 Å². The van der Waals surface area contributed by atoms with Crippen molar-refractivity contribution < 1.29 is 4.79 Å². The van der Waals surface area contributed by atoms with E-state index in [0.717, 1.165) is 16.7 Å². The van der Waals surface area contributed by atoms with Gasteiger partial charge in [0.1, 0.15) is 5.69 Å². The van der Waals surface area contributed by atoms with Crippen LogP contribution in [0.3, 0.4) is 0 Å². The maximum atomic E-state index is 12.5. The Balaban J connectivity index is 1.58. The van der Waals surface area contributed by atoms with E-state index in [-0.39, 0.29) is 5.91 Å². The first-order chi connectivity index (χ1) is 11.0. The normalized spacial score (nSPS) is 28.0. The SMILES string of the molecule is C[C@H]1C(NC(=O)c2cnc3ccccc3n2)=C[C@H]2C[C@@H]1C2(C)C. The molecule has 4 heteroatoms. The highest BCUT2D eigenvalue weighted by molar-refractivity contribution is 5.94. The second-order valence-corrected chi connectivity index (χ2v) is 7.38. The molecule has 3 aliphatic carbocycles. The molecule has 1 fully saturated rings. The fourth-order valence-electron chi connectivity index (χ4n) is 4.13. The summed E-state index contributed by atoms with van der Waals surface area (Å²) in [5.41, 5.74) is 3.32. The summed E-state index contributed by atoms with van der Waals surface area (Å²) in [4.78, 5) is 21.3. The number of carbonyl (C=O) groups is 1. The quantitative estimate of drug-likeness (QED) is 0.923. The van der Waals surface area contributed by atoms with Crippen LogP contribution in [0.15, 0.2) is 42.2 Å². The topological polar surface area (TPSA) is 54.9 Å². The summed E-state index contributed by atoms with van der Waals surface area (Å²) >= 11 is 0. The summed E-state index contributed by atoms with van der Waals surface area (Å²) in [5.74, 6) is 1.44. The Morgan fingerprint density at radius 3 is 2.70 bits per heavy atom. The van der Waals surface area contributed by atoms with Gasteiger partial charge in [0, 0.05) is 5.70 Å². The van der Waals surface area contributed by atoms with Crippen LogP contribution in [0.5, 0.6) is 0 Å². The number of benzene rings is 1. The summed E-state index contributed by atoms with van der Waals surface area (Å²) in [6.45, 7) is 6.86. The van der Waals surface area contributed by atoms with Gasteiger partial charge in [0.05, 0.1) is 17.2 Å². The molecule has 2 aromatic rings. The summed E-state index contributed by atoms with van der Waals surface area (Å²) in [5, 5.41) is 3.07. The number of hydrogen-bond donors (Lipinski definition) is 1. The van der Waals surface area contributed by atoms with Crippen LogP contribution in [0.25, 0.3) is 11.0 Å². The van der Waals surface area contributed by atoms with Gasteiger partial charge in [-0.25, -0.2) is 4.98 Å². The van der Waals surface area contributed by atoms with E-state index in [0.29, 0.717) is 28.9 Å². The zero-order valence-electron chi connectivity index (χ0n) is 13.7. The van der Waals surface area contributed by atoms with Crippen molar-refractivity contribution in [3.63, 3.8) is 0 Å². The minimum atomic E-state index is -0.166. The van der Waals surface area contributed by atoms with Gasteiger partial charge >= 0.3 is 0 Å². The molecular weight excluding hydrogens is 286 g/mol. The zero-order valence-corrected chi connectivity index (χ0v) is 13.7. The Morgan fingerprint density at radius 2 is 2.00 bits per heavy atom. The van der Waals surface area contributed by atoms with E-state index in [1.165, 1.54) is 6.42 Å². The standard InChI is InChI=1S/C19H21N3O/c1-11-13-8-12(19(13,2)3)9-16(11)22-18(23)17-10-20-14-6-4-5-7-15(14)21-17/h4-7,9-13H,8H2,1-3H3,(H,22,23)/t11-,12-,13+/m1/s1. The van der Waals surface area contributed by atoms with Gasteiger partial charge in [0.15, 0.2) is 0 Å². The lowest BCUT2D eigenvalue weighted by molar-refractivity contribution is -0.0333. The predicted molar refractivity (Wildman–Crippen MR) is 89.6 cm³/mol. The number of hydrogen-bond acceptors (Lipinski definition) is 3. The second-order valence-electron chi connectivity index (χ2n) is 7.38. The summed E-state index contributed by atoms with van der Waals surface area (Å²) < 4.78 is 0. The fourth-order valence-corrected chi connectivity index (χ4v) is 4.13. The molecule has 3 atom stereocenters. The number of amides is 1. The average molecular weight is 307 g/mol. The maximum Gasteiger partial charge on any atom is 0.275 e. The molecular formula is C19H21N3O. The van der Waals surface area contributed by atoms with E-state index in [9.17, 15) is 4.79 Å². The van der Waals surface area contributed by atoms with Crippen LogP contribution in [0.1, 0.15) is 37.7 Å². The molecule has 0 saturated heterocycles. The minimum absolute atomic E-state index is 0.166. The van der Waals surface area contributed by atoms with E-state index in [2.05, 4.69) is 42.1 Å². The molecule has 1 amide bonds. The Labute approximate surface area is 136 Å². The number of carbonyl (C=O) groups excluding carboxylic acids is 1. The lowest BCUT2D eigenvalue weighted by Crippen LogP contribution is -2.52. The number of para-hydroxylation sites is 2. The first-order valence-electron chi connectivity index (χ1n) is 8.21. The first kappa shape index (κ1) is 14.4. The van der Waals surface area contributed by atoms with Crippen LogP contribution in [-0.2, 0) is 0 Å². The second kappa shape index (κ2) is 4.88. The smallest absolute Gasteiger partial charge is 0.275 e. The molecule has 1 aromatic heterocycles. The Kier molecular flexibility index (Phi) is 3.05. The van der Waals surface area contributed by atoms with Crippen LogP contribution in [0, 0.1) is 23.2 Å². The monoisotopic (exact) mass is 307 g/mol. The van der Waals surface area contributed by atoms with Gasteiger partial charge in [-0.3, -0.25) is 9.78 Å². The van der Waals surface area contributed by atoms with Gasteiger partial charge < -0.3 is 5.32 Å². The van der Waals surface area contributed by atoms with Gasteiger partial charge in [0.2, 0.25) is 0 Å². The van der Waals surface area contributed by atoms with Crippen molar-refractivity contribution in [2.45, 2.75) is 27.2 Å². The zero-order chi connectivity index (χ0) is 16.2. The van der Waals surface area contributed by atoms with Gasteiger partial charge in [-0.2, -0.15) is 0 Å². The number of nitrogens with zero attached hydrogens (tertiary/aromatic N) is 2. The molecule has 2 bridgehead atoms. The van der Waals surface area contributed by atoms with Crippen molar-refractivity contribution in [3.8, 4) is 0 Å². The predicted octanol–water partition coefficient (Wildman–Crippen LogP) is 3.56. The van der Waals surface area contributed by atoms with E-state index >= 15 is 0 Å². The number of aromatic nitrogens is 2. The Bertz CT molecular complexity index is 824. The molecule has 1 saturated carbocycles. The van der Waals surface area contributed by atoms with Gasteiger partial charge in [0.25, 0.3) is 5.91 Å². The first-order valence-corrected chi connectivity index (χ1v) is 8.21. The molecule has 5 rings (SSSR count). The molecule has 23 heavy (non-hydrogen) atoms. The Morgan fingerprint density at radius 1 is 1.26 bits per heavy atom. The molecule has 1 aromatic carbocycles. The third-order valence-corrected chi connectivity index (χ3v) is 5.83. The highest BCUT2D eigenvalue weighted by atomic mass is 16.1. The number of nitrogens with one attached hydrogen (secondary N) is 1. The van der Waals surface area contributed by atoms with Gasteiger partial charge in [-0.1, -0.05) is 39.0 Å². The number of fused-ring (bicyclic) bond motifs is 2. The largest absolute Gasteiger partial charge is 0.324 e. The van der Waals surface area contributed by atoms with Gasteiger partial charge in [-0.15, -0.1) is 0 Å². The number of allylic oxidation sites excluding steroid dienone is 2. The molecule has 118 valence electrons. The maximum absolute atomic E-state index is 12.5. The molecule has 3 aliphatic rings. The molecule has 1 N–H and O–H groups in total. The molecule has 0 spiro atoms. The van der Waals surface area contributed by atoms with E-state index in [1.807, 2.05) is 24.3 Å². The third kappa shape index (κ3) is 2.16. The summed E-state index contributed by atoms with van der Waals surface area (Å²) in [6.07, 6.45) is 5.04. The molecule has 1 heterocycles. The van der Waals surface area contributed by atoms with Gasteiger partial charge in [-0.05, 0) is 41.7 Å². The lowest BCUT2D eigenvalue weighted by Gasteiger charge is -2.58. The number of rotatable bonds is 2. The van der Waals surface area contributed by atoms with Crippen LogP contribution in [-0.4, -0.2) is 15.9 Å². The van der Waals surface area contributed by atoms with Crippen molar-refractivity contribution in [3.05, 3.63) is 47.9 Å². The minimum Gasteiger partial charge on any atom is -0.324 e. The third-order valence-electron chi connectivity index (χ3n) is 5.83. The summed E-state index contributed by atoms with van der Waals surface area (Å²) in [6, 6.07) is 7.59.